The molecule has 3 aromatic carbocycles. The lowest BCUT2D eigenvalue weighted by molar-refractivity contribution is -0.144. The summed E-state index contributed by atoms with van der Waals surface area (Å²) in [6.45, 7) is 1.33. The maximum Gasteiger partial charge on any atom is 0.316 e. The van der Waals surface area contributed by atoms with E-state index in [9.17, 15) is 9.59 Å². The van der Waals surface area contributed by atoms with Gasteiger partial charge in [0.2, 0.25) is 11.8 Å². The molecule has 5 aromatic rings. The van der Waals surface area contributed by atoms with Crippen LogP contribution in [-0.4, -0.2) is 61.5 Å². The van der Waals surface area contributed by atoms with Crippen molar-refractivity contribution in [1.29, 1.82) is 0 Å². The number of fused-ring (bicyclic) bond motifs is 1. The number of carbonyl (C=O) groups is 2. The van der Waals surface area contributed by atoms with Crippen molar-refractivity contribution in [1.82, 2.24) is 30.0 Å². The van der Waals surface area contributed by atoms with Gasteiger partial charge in [0.05, 0.1) is 12.8 Å². The maximum absolute atomic E-state index is 14.5. The standard InChI is InChI=1S/C37H34N6O3/c1-46-37-38-23-29(24-39-37)15-18-35(44)43(25-28-13-16-31(17-14-28)33-12-7-20-40-41-33)34(22-27-8-3-2-4-9-27)36(45)42-21-19-30-10-5-6-11-32(30)26-42/h2-18,20,23-24,34H,19,21-22,25-26H2,1H3/t34-/m0/s1. The van der Waals surface area contributed by atoms with Crippen molar-refractivity contribution in [2.45, 2.75) is 32.0 Å². The Hall–Kier alpha value is -5.70. The molecule has 0 spiro atoms. The summed E-state index contributed by atoms with van der Waals surface area (Å²) in [4.78, 5) is 40.5. The molecule has 6 rings (SSSR count). The summed E-state index contributed by atoms with van der Waals surface area (Å²) >= 11 is 0. The van der Waals surface area contributed by atoms with E-state index in [4.69, 9.17) is 4.74 Å². The van der Waals surface area contributed by atoms with E-state index >= 15 is 0 Å². The highest BCUT2D eigenvalue weighted by Crippen LogP contribution is 2.24. The third-order valence-corrected chi connectivity index (χ3v) is 8.08. The molecule has 9 nitrogen and oxygen atoms in total. The van der Waals surface area contributed by atoms with Crippen molar-refractivity contribution in [2.75, 3.05) is 13.7 Å². The van der Waals surface area contributed by atoms with Crippen molar-refractivity contribution >= 4 is 17.9 Å². The van der Waals surface area contributed by atoms with Crippen molar-refractivity contribution < 1.29 is 14.3 Å². The molecule has 0 saturated heterocycles. The lowest BCUT2D eigenvalue weighted by Gasteiger charge is -2.37. The Labute approximate surface area is 268 Å². The zero-order valence-electron chi connectivity index (χ0n) is 25.6. The SMILES string of the molecule is COc1ncc(C=CC(=O)N(Cc2ccc(-c3cccnn3)cc2)[C@@H](Cc2ccccc2)C(=O)N2CCc3ccccc3C2)cn1. The second-order valence-corrected chi connectivity index (χ2v) is 11.1. The summed E-state index contributed by atoms with van der Waals surface area (Å²) in [6, 6.07) is 29.2. The second-order valence-electron chi connectivity index (χ2n) is 11.1. The van der Waals surface area contributed by atoms with E-state index < -0.39 is 6.04 Å². The van der Waals surface area contributed by atoms with Crippen LogP contribution >= 0.6 is 0 Å². The normalized spacial score (nSPS) is 13.2. The number of rotatable bonds is 10. The molecule has 0 radical (unpaired) electrons. The van der Waals surface area contributed by atoms with Crippen LogP contribution < -0.4 is 4.74 Å². The summed E-state index contributed by atoms with van der Waals surface area (Å²) in [5.74, 6) is -0.371. The third-order valence-electron chi connectivity index (χ3n) is 8.08. The molecule has 0 unspecified atom stereocenters. The molecule has 230 valence electrons. The lowest BCUT2D eigenvalue weighted by atomic mass is 9.97. The summed E-state index contributed by atoms with van der Waals surface area (Å²) < 4.78 is 5.06. The molecule has 3 heterocycles. The average Bonchev–Trinajstić information content (AvgIpc) is 3.13. The maximum atomic E-state index is 14.5. The fourth-order valence-electron chi connectivity index (χ4n) is 5.62. The van der Waals surface area contributed by atoms with Gasteiger partial charge in [-0.15, -0.1) is 0 Å². The van der Waals surface area contributed by atoms with Crippen LogP contribution in [0.5, 0.6) is 6.01 Å². The van der Waals surface area contributed by atoms with Gasteiger partial charge in [0.25, 0.3) is 0 Å². The van der Waals surface area contributed by atoms with Gasteiger partial charge >= 0.3 is 6.01 Å². The number of aromatic nitrogens is 4. The molecular formula is C37H34N6O3. The first-order chi connectivity index (χ1) is 22.6. The highest BCUT2D eigenvalue weighted by molar-refractivity contribution is 5.95. The van der Waals surface area contributed by atoms with Crippen LogP contribution in [0.1, 0.15) is 27.8 Å². The molecule has 1 atom stereocenters. The molecule has 0 N–H and O–H groups in total. The Bertz CT molecular complexity index is 1800. The van der Waals surface area contributed by atoms with Crippen molar-refractivity contribution in [3.63, 3.8) is 0 Å². The average molecular weight is 611 g/mol. The predicted octanol–water partition coefficient (Wildman–Crippen LogP) is 5.18. The van der Waals surface area contributed by atoms with E-state index in [0.29, 0.717) is 25.1 Å². The van der Waals surface area contributed by atoms with Crippen LogP contribution in [-0.2, 0) is 35.5 Å². The number of nitrogens with zero attached hydrogens (tertiary/aromatic N) is 6. The zero-order valence-corrected chi connectivity index (χ0v) is 25.6. The van der Waals surface area contributed by atoms with Gasteiger partial charge in [0, 0.05) is 61.8 Å². The Kier molecular flexibility index (Phi) is 9.49. The van der Waals surface area contributed by atoms with Gasteiger partial charge < -0.3 is 14.5 Å². The minimum absolute atomic E-state index is 0.0796. The smallest absolute Gasteiger partial charge is 0.316 e. The second kappa shape index (κ2) is 14.4. The molecule has 2 aromatic heterocycles. The van der Waals surface area contributed by atoms with Crippen LogP contribution in [0.15, 0.2) is 116 Å². The lowest BCUT2D eigenvalue weighted by Crippen LogP contribution is -2.52. The minimum Gasteiger partial charge on any atom is -0.467 e. The molecule has 1 aliphatic heterocycles. The summed E-state index contributed by atoms with van der Waals surface area (Å²) in [7, 11) is 1.50. The van der Waals surface area contributed by atoms with E-state index in [1.807, 2.05) is 83.8 Å². The Morgan fingerprint density at radius 2 is 1.63 bits per heavy atom. The molecule has 0 saturated carbocycles. The van der Waals surface area contributed by atoms with E-state index in [2.05, 4.69) is 32.3 Å². The van der Waals surface area contributed by atoms with Gasteiger partial charge in [-0.25, -0.2) is 9.97 Å². The number of carbonyl (C=O) groups excluding carboxylic acids is 2. The van der Waals surface area contributed by atoms with Gasteiger partial charge in [-0.3, -0.25) is 9.59 Å². The molecule has 0 aliphatic carbocycles. The number of hydrogen-bond donors (Lipinski definition) is 0. The first kappa shape index (κ1) is 30.3. The van der Waals surface area contributed by atoms with Gasteiger partial charge in [-0.2, -0.15) is 10.2 Å². The van der Waals surface area contributed by atoms with Crippen molar-refractivity contribution in [3.8, 4) is 17.3 Å². The summed E-state index contributed by atoms with van der Waals surface area (Å²) in [6.07, 6.45) is 9.10. The largest absolute Gasteiger partial charge is 0.467 e. The molecule has 2 amide bonds. The van der Waals surface area contributed by atoms with Crippen LogP contribution in [0.3, 0.4) is 0 Å². The van der Waals surface area contributed by atoms with E-state index in [-0.39, 0.29) is 24.4 Å². The summed E-state index contributed by atoms with van der Waals surface area (Å²) in [5, 5.41) is 8.19. The predicted molar refractivity (Wildman–Crippen MR) is 175 cm³/mol. The number of methoxy groups -OCH3 is 1. The highest BCUT2D eigenvalue weighted by Gasteiger charge is 2.34. The first-order valence-corrected chi connectivity index (χ1v) is 15.2. The summed E-state index contributed by atoms with van der Waals surface area (Å²) in [5.41, 5.74) is 6.57. The van der Waals surface area contributed by atoms with Gasteiger partial charge in [-0.05, 0) is 46.9 Å². The Morgan fingerprint density at radius 3 is 2.35 bits per heavy atom. The number of amides is 2. The fraction of sp³-hybridized carbons (Fsp3) is 0.189. The van der Waals surface area contributed by atoms with Crippen molar-refractivity contribution in [3.05, 3.63) is 143 Å². The molecule has 1 aliphatic rings. The van der Waals surface area contributed by atoms with Gasteiger partial charge in [0.1, 0.15) is 6.04 Å². The Morgan fingerprint density at radius 1 is 0.891 bits per heavy atom. The molecule has 0 fully saturated rings. The van der Waals surface area contributed by atoms with E-state index in [0.717, 1.165) is 34.4 Å². The zero-order chi connectivity index (χ0) is 31.7. The van der Waals surface area contributed by atoms with E-state index in [1.165, 1.54) is 18.7 Å². The molecular weight excluding hydrogens is 576 g/mol. The number of ether oxygens (including phenoxy) is 1. The van der Waals surface area contributed by atoms with Crippen LogP contribution in [0.4, 0.5) is 0 Å². The molecule has 9 heteroatoms. The Balaban J connectivity index is 1.34. The quantitative estimate of drug-likeness (QED) is 0.201. The van der Waals surface area contributed by atoms with Crippen LogP contribution in [0.25, 0.3) is 17.3 Å². The minimum atomic E-state index is -0.739. The van der Waals surface area contributed by atoms with Gasteiger partial charge in [-0.1, -0.05) is 78.9 Å². The first-order valence-electron chi connectivity index (χ1n) is 15.2. The topological polar surface area (TPSA) is 101 Å². The van der Waals surface area contributed by atoms with Crippen LogP contribution in [0, 0.1) is 0 Å². The third kappa shape index (κ3) is 7.32. The van der Waals surface area contributed by atoms with Crippen molar-refractivity contribution in [2.24, 2.45) is 0 Å². The number of hydrogen-bond acceptors (Lipinski definition) is 7. The van der Waals surface area contributed by atoms with Crippen LogP contribution in [0.2, 0.25) is 0 Å². The fourth-order valence-corrected chi connectivity index (χ4v) is 5.62. The number of benzene rings is 3. The van der Waals surface area contributed by atoms with E-state index in [1.54, 1.807) is 29.6 Å². The highest BCUT2D eigenvalue weighted by atomic mass is 16.5. The van der Waals surface area contributed by atoms with Gasteiger partial charge in [0.15, 0.2) is 0 Å². The molecule has 46 heavy (non-hydrogen) atoms. The monoisotopic (exact) mass is 610 g/mol. The molecule has 0 bridgehead atoms.